The summed E-state index contributed by atoms with van der Waals surface area (Å²) in [6, 6.07) is 0. The highest BCUT2D eigenvalue weighted by Gasteiger charge is 2.18. The second-order valence-electron chi connectivity index (χ2n) is 7.75. The van der Waals surface area contributed by atoms with Crippen LogP contribution in [0.3, 0.4) is 0 Å². The van der Waals surface area contributed by atoms with E-state index in [1.54, 1.807) is 0 Å². The maximum absolute atomic E-state index is 12.6. The monoisotopic (exact) mass is 373 g/mol. The van der Waals surface area contributed by atoms with E-state index in [2.05, 4.69) is 13.8 Å². The molecule has 0 aliphatic rings. The minimum Gasteiger partial charge on any atom is -0.466 e. The van der Waals surface area contributed by atoms with Gasteiger partial charge in [-0.15, -0.1) is 0 Å². The van der Waals surface area contributed by atoms with Crippen molar-refractivity contribution in [2.24, 2.45) is 5.92 Å². The normalized spacial score (nSPS) is 16.2. The van der Waals surface area contributed by atoms with Gasteiger partial charge in [0.15, 0.2) is 0 Å². The van der Waals surface area contributed by atoms with Crippen molar-refractivity contribution in [3.8, 4) is 0 Å². The van der Waals surface area contributed by atoms with Crippen LogP contribution in [0, 0.1) is 5.92 Å². The van der Waals surface area contributed by atoms with Crippen molar-refractivity contribution < 1.29 is 16.4 Å². The van der Waals surface area contributed by atoms with E-state index in [1.807, 2.05) is 0 Å². The zero-order chi connectivity index (χ0) is 23.6. The number of hydrogen-bond acceptors (Lipinski definition) is 2. The second kappa shape index (κ2) is 20.8. The van der Waals surface area contributed by atoms with Gasteiger partial charge in [0.2, 0.25) is 0 Å². The summed E-state index contributed by atoms with van der Waals surface area (Å²) >= 11 is 0. The molecule has 0 fully saturated rings. The zero-order valence-electron chi connectivity index (χ0n) is 22.6. The first-order chi connectivity index (χ1) is 14.7. The van der Waals surface area contributed by atoms with E-state index in [9.17, 15) is 4.79 Å². The average molecular weight is 374 g/mol. The van der Waals surface area contributed by atoms with Crippen LogP contribution in [0.25, 0.3) is 0 Å². The first kappa shape index (κ1) is 17.6. The molecule has 0 N–H and O–H groups in total. The smallest absolute Gasteiger partial charge is 0.308 e. The fourth-order valence-electron chi connectivity index (χ4n) is 3.56. The third kappa shape index (κ3) is 16.9. The molecule has 1 atom stereocenters. The van der Waals surface area contributed by atoms with Gasteiger partial charge in [0, 0.05) is 4.11 Å². The van der Waals surface area contributed by atoms with Crippen molar-refractivity contribution in [3.05, 3.63) is 0 Å². The zero-order valence-corrected chi connectivity index (χ0v) is 17.6. The lowest BCUT2D eigenvalue weighted by molar-refractivity contribution is -0.148. The fourth-order valence-corrected chi connectivity index (χ4v) is 3.56. The molecule has 0 rings (SSSR count). The van der Waals surface area contributed by atoms with Gasteiger partial charge in [-0.25, -0.2) is 0 Å². The predicted octanol–water partition coefficient (Wildman–Crippen LogP) is 8.23. The van der Waals surface area contributed by atoms with E-state index in [4.69, 9.17) is 11.6 Å². The molecule has 1 unspecified atom stereocenters. The summed E-state index contributed by atoms with van der Waals surface area (Å²) in [7, 11) is 0. The van der Waals surface area contributed by atoms with Crippen molar-refractivity contribution in [1.82, 2.24) is 0 Å². The molecule has 156 valence electrons. The van der Waals surface area contributed by atoms with Gasteiger partial charge in [-0.1, -0.05) is 117 Å². The third-order valence-electron chi connectivity index (χ3n) is 5.30. The van der Waals surface area contributed by atoms with E-state index < -0.39 is 25.3 Å². The van der Waals surface area contributed by atoms with Gasteiger partial charge in [-0.05, 0) is 19.7 Å². The molecule has 26 heavy (non-hydrogen) atoms. The number of unbranched alkanes of at least 4 members (excludes halogenated alkanes) is 14. The van der Waals surface area contributed by atoms with Gasteiger partial charge in [0.1, 0.15) is 0 Å². The molecule has 0 aliphatic carbocycles. The highest BCUT2D eigenvalue weighted by Crippen LogP contribution is 2.21. The summed E-state index contributed by atoms with van der Waals surface area (Å²) < 4.78 is 41.8. The van der Waals surface area contributed by atoms with Crippen LogP contribution in [0.5, 0.6) is 0 Å². The lowest BCUT2D eigenvalue weighted by atomic mass is 9.94. The molecular weight excluding hydrogens is 320 g/mol. The Bertz CT molecular complexity index is 438. The van der Waals surface area contributed by atoms with Crippen molar-refractivity contribution >= 4 is 5.97 Å². The minimum atomic E-state index is -2.97. The topological polar surface area (TPSA) is 26.3 Å². The Labute approximate surface area is 171 Å². The number of carbonyl (C=O) groups excluding carboxylic acids is 1. The Hall–Kier alpha value is -0.530. The first-order valence-electron chi connectivity index (χ1n) is 13.9. The van der Waals surface area contributed by atoms with Crippen LogP contribution in [0.15, 0.2) is 0 Å². The second-order valence-corrected chi connectivity index (χ2v) is 7.75. The maximum Gasteiger partial charge on any atom is 0.308 e. The molecule has 0 radical (unpaired) electrons. The van der Waals surface area contributed by atoms with Gasteiger partial charge >= 0.3 is 5.97 Å². The first-order valence-corrected chi connectivity index (χ1v) is 11.4. The molecule has 0 aromatic rings. The number of rotatable bonds is 20. The molecule has 0 saturated heterocycles. The van der Waals surface area contributed by atoms with Crippen LogP contribution >= 0.6 is 0 Å². The van der Waals surface area contributed by atoms with Crippen molar-refractivity contribution in [2.45, 2.75) is 136 Å². The summed E-state index contributed by atoms with van der Waals surface area (Å²) in [5, 5.41) is 0. The molecule has 0 bridgehead atoms. The predicted molar refractivity (Wildman–Crippen MR) is 115 cm³/mol. The number of hydrogen-bond donors (Lipinski definition) is 0. The Kier molecular flexibility index (Phi) is 14.0. The number of carbonyl (C=O) groups is 1. The van der Waals surface area contributed by atoms with E-state index in [0.717, 1.165) is 38.5 Å². The van der Waals surface area contributed by atoms with Gasteiger partial charge in [-0.2, -0.15) is 0 Å². The summed E-state index contributed by atoms with van der Waals surface area (Å²) in [6.45, 7) is -1.49. The lowest BCUT2D eigenvalue weighted by Crippen LogP contribution is -2.18. The van der Waals surface area contributed by atoms with Crippen molar-refractivity contribution in [3.63, 3.8) is 0 Å². The minimum absolute atomic E-state index is 0.405. The molecule has 0 aliphatic heterocycles. The summed E-state index contributed by atoms with van der Waals surface area (Å²) in [5.41, 5.74) is 0. The van der Waals surface area contributed by atoms with Gasteiger partial charge < -0.3 is 4.74 Å². The summed E-state index contributed by atoms with van der Waals surface area (Å²) in [4.78, 5) is 12.6. The SMILES string of the molecule is [2H]C([2H])([2H])C([2H])([2H])OC(=O)C(CCCCCCCC)CCCCCCCCCCCC. The van der Waals surface area contributed by atoms with E-state index in [1.165, 1.54) is 64.2 Å². The lowest BCUT2D eigenvalue weighted by Gasteiger charge is -2.15. The van der Waals surface area contributed by atoms with E-state index >= 15 is 0 Å². The Morgan fingerprint density at radius 2 is 1.12 bits per heavy atom. The number of esters is 1. The Morgan fingerprint density at radius 3 is 1.50 bits per heavy atom. The molecule has 0 aromatic heterocycles. The van der Waals surface area contributed by atoms with Crippen LogP contribution in [0.1, 0.15) is 143 Å². The van der Waals surface area contributed by atoms with Crippen LogP contribution in [-0.4, -0.2) is 12.5 Å². The van der Waals surface area contributed by atoms with Crippen LogP contribution in [-0.2, 0) is 9.53 Å². The fraction of sp³-hybridized carbons (Fsp3) is 0.958. The van der Waals surface area contributed by atoms with Crippen LogP contribution in [0.4, 0.5) is 0 Å². The van der Waals surface area contributed by atoms with Crippen molar-refractivity contribution in [2.75, 3.05) is 6.56 Å². The summed E-state index contributed by atoms with van der Waals surface area (Å²) in [6.07, 6.45) is 20.2. The largest absolute Gasteiger partial charge is 0.466 e. The quantitative estimate of drug-likeness (QED) is 0.159. The molecule has 0 spiro atoms. The average Bonchev–Trinajstić information content (AvgIpc) is 2.69. The van der Waals surface area contributed by atoms with E-state index in [-0.39, 0.29) is 0 Å². The van der Waals surface area contributed by atoms with Crippen molar-refractivity contribution in [1.29, 1.82) is 0 Å². The standard InChI is InChI=1S/C24H48O2/c1-4-7-9-11-13-14-15-16-18-20-22-23(24(25)26-6-3)21-19-17-12-10-8-5-2/h23H,4-22H2,1-3H3/i3D3,6D2. The van der Waals surface area contributed by atoms with E-state index in [0.29, 0.717) is 12.8 Å². The molecular formula is C24H48O2. The van der Waals surface area contributed by atoms with Crippen LogP contribution in [0.2, 0.25) is 0 Å². The molecule has 2 heteroatoms. The number of ether oxygens (including phenoxy) is 1. The third-order valence-corrected chi connectivity index (χ3v) is 5.30. The Balaban J connectivity index is 4.33. The highest BCUT2D eigenvalue weighted by atomic mass is 16.5. The summed E-state index contributed by atoms with van der Waals surface area (Å²) in [5.74, 6) is -1.09. The maximum atomic E-state index is 12.6. The van der Waals surface area contributed by atoms with Gasteiger partial charge in [0.05, 0.1) is 15.2 Å². The van der Waals surface area contributed by atoms with Gasteiger partial charge in [-0.3, -0.25) is 4.79 Å². The van der Waals surface area contributed by atoms with Crippen LogP contribution < -0.4 is 0 Å². The molecule has 0 heterocycles. The Morgan fingerprint density at radius 1 is 0.731 bits per heavy atom. The molecule has 0 aromatic carbocycles. The molecule has 2 nitrogen and oxygen atoms in total. The highest BCUT2D eigenvalue weighted by molar-refractivity contribution is 5.72. The van der Waals surface area contributed by atoms with Gasteiger partial charge in [0.25, 0.3) is 0 Å². The molecule has 0 amide bonds. The molecule has 0 saturated carbocycles.